The first-order chi connectivity index (χ1) is 15.9. The molecule has 0 saturated carbocycles. The fraction of sp³-hybridized carbons (Fsp3) is 0.435. The van der Waals surface area contributed by atoms with Crippen molar-refractivity contribution in [2.24, 2.45) is 0 Å². The minimum absolute atomic E-state index is 0.116. The molecular formula is C23H28N4O4S2. The molecular weight excluding hydrogens is 460 g/mol. The van der Waals surface area contributed by atoms with Crippen LogP contribution in [0.15, 0.2) is 34.1 Å². The van der Waals surface area contributed by atoms with Crippen LogP contribution in [0.3, 0.4) is 0 Å². The van der Waals surface area contributed by atoms with Gasteiger partial charge in [0.15, 0.2) is 0 Å². The largest absolute Gasteiger partial charge is 0.481 e. The Morgan fingerprint density at radius 3 is 2.79 bits per heavy atom. The van der Waals surface area contributed by atoms with Crippen LogP contribution in [-0.4, -0.2) is 48.7 Å². The number of thiocarbonyl (C=S) groups is 1. The Balaban J connectivity index is 1.82. The van der Waals surface area contributed by atoms with Crippen molar-refractivity contribution >= 4 is 57.7 Å². The molecule has 1 aliphatic rings. The van der Waals surface area contributed by atoms with Crippen molar-refractivity contribution in [3.63, 3.8) is 0 Å². The van der Waals surface area contributed by atoms with E-state index < -0.39 is 5.97 Å². The summed E-state index contributed by atoms with van der Waals surface area (Å²) < 4.78 is 1.91. The summed E-state index contributed by atoms with van der Waals surface area (Å²) in [7, 11) is 0. The summed E-state index contributed by atoms with van der Waals surface area (Å²) in [4.78, 5) is 43.4. The second-order valence-electron chi connectivity index (χ2n) is 7.78. The maximum atomic E-state index is 13.2. The summed E-state index contributed by atoms with van der Waals surface area (Å²) in [5.41, 5.74) is 0.612. The van der Waals surface area contributed by atoms with Gasteiger partial charge in [-0.1, -0.05) is 56.2 Å². The van der Waals surface area contributed by atoms with Crippen molar-refractivity contribution in [2.45, 2.75) is 51.9 Å². The maximum absolute atomic E-state index is 13.2. The molecule has 2 N–H and O–H groups in total. The molecule has 1 amide bonds. The lowest BCUT2D eigenvalue weighted by Crippen LogP contribution is -2.29. The molecule has 10 heteroatoms. The summed E-state index contributed by atoms with van der Waals surface area (Å²) in [5, 5.41) is 12.0. The molecule has 0 atom stereocenters. The van der Waals surface area contributed by atoms with Gasteiger partial charge >= 0.3 is 5.97 Å². The van der Waals surface area contributed by atoms with Gasteiger partial charge in [-0.05, 0) is 37.5 Å². The highest BCUT2D eigenvalue weighted by molar-refractivity contribution is 8.26. The third-order valence-corrected chi connectivity index (χ3v) is 6.64. The molecule has 0 radical (unpaired) electrons. The van der Waals surface area contributed by atoms with Crippen LogP contribution in [0.5, 0.6) is 0 Å². The average Bonchev–Trinajstić information content (AvgIpc) is 3.06. The van der Waals surface area contributed by atoms with E-state index in [1.54, 1.807) is 24.4 Å². The molecule has 0 aliphatic carbocycles. The van der Waals surface area contributed by atoms with Gasteiger partial charge in [0, 0.05) is 25.7 Å². The van der Waals surface area contributed by atoms with Gasteiger partial charge in [0.05, 0.1) is 10.5 Å². The van der Waals surface area contributed by atoms with Crippen molar-refractivity contribution in [3.05, 3.63) is 45.2 Å². The Morgan fingerprint density at radius 1 is 1.21 bits per heavy atom. The number of amides is 1. The number of carbonyl (C=O) groups excluding carboxylic acids is 1. The number of aromatic nitrogens is 2. The summed E-state index contributed by atoms with van der Waals surface area (Å²) in [6, 6.07) is 5.36. The van der Waals surface area contributed by atoms with Crippen molar-refractivity contribution in [2.75, 3.05) is 18.4 Å². The first-order valence-electron chi connectivity index (χ1n) is 11.1. The Hall–Kier alpha value is -2.72. The van der Waals surface area contributed by atoms with Gasteiger partial charge in [-0.25, -0.2) is 4.98 Å². The number of fused-ring (bicyclic) bond motifs is 1. The molecule has 0 aromatic carbocycles. The zero-order valence-electron chi connectivity index (χ0n) is 18.6. The number of unbranched alkanes of at least 4 members (excludes halogenated alkanes) is 4. The second kappa shape index (κ2) is 11.9. The Labute approximate surface area is 202 Å². The van der Waals surface area contributed by atoms with Crippen LogP contribution in [0, 0.1) is 0 Å². The van der Waals surface area contributed by atoms with Gasteiger partial charge in [0.25, 0.3) is 11.5 Å². The fourth-order valence-corrected chi connectivity index (χ4v) is 4.79. The third-order valence-electron chi connectivity index (χ3n) is 5.26. The highest BCUT2D eigenvalue weighted by Crippen LogP contribution is 2.33. The Bertz CT molecular complexity index is 1130. The predicted octanol–water partition coefficient (Wildman–Crippen LogP) is 4.14. The SMILES string of the molecule is CCCCCNc1nc2ccccn2c(=O)c1C=C1SC(=S)N(CCCCCC(=O)O)C1=O. The first kappa shape index (κ1) is 24.9. The third kappa shape index (κ3) is 6.42. The van der Waals surface area contributed by atoms with Crippen LogP contribution in [0.1, 0.15) is 57.4 Å². The molecule has 8 nitrogen and oxygen atoms in total. The highest BCUT2D eigenvalue weighted by atomic mass is 32.2. The number of anilines is 1. The van der Waals surface area contributed by atoms with E-state index in [-0.39, 0.29) is 17.9 Å². The van der Waals surface area contributed by atoms with E-state index in [9.17, 15) is 14.4 Å². The molecule has 0 spiro atoms. The number of carboxylic acids is 1. The van der Waals surface area contributed by atoms with Crippen LogP contribution >= 0.6 is 24.0 Å². The molecule has 3 rings (SSSR count). The highest BCUT2D eigenvalue weighted by Gasteiger charge is 2.32. The zero-order valence-corrected chi connectivity index (χ0v) is 20.2. The lowest BCUT2D eigenvalue weighted by Gasteiger charge is -2.14. The summed E-state index contributed by atoms with van der Waals surface area (Å²) in [5.74, 6) is -0.600. The van der Waals surface area contributed by atoms with Gasteiger partial charge in [-0.3, -0.25) is 23.7 Å². The second-order valence-corrected chi connectivity index (χ2v) is 9.46. The smallest absolute Gasteiger partial charge is 0.303 e. The molecule has 2 aromatic rings. The van der Waals surface area contributed by atoms with E-state index >= 15 is 0 Å². The number of hydrogen-bond donors (Lipinski definition) is 2. The van der Waals surface area contributed by atoms with Gasteiger partial charge < -0.3 is 10.4 Å². The summed E-state index contributed by atoms with van der Waals surface area (Å²) >= 11 is 6.56. The molecule has 1 aliphatic heterocycles. The monoisotopic (exact) mass is 488 g/mol. The number of pyridine rings is 1. The van der Waals surface area contributed by atoms with Gasteiger partial charge in [0.2, 0.25) is 0 Å². The number of carboxylic acid groups (broad SMARTS) is 1. The standard InChI is InChI=1S/C23H28N4O4S2/c1-2-3-7-12-24-20-16(21(30)26-13-9-6-10-18(26)25-20)15-17-22(31)27(23(32)33-17)14-8-4-5-11-19(28)29/h6,9-10,13,15,24H,2-5,7-8,11-12,14H2,1H3,(H,28,29). The number of nitrogens with zero attached hydrogens (tertiary/aromatic N) is 3. The zero-order chi connectivity index (χ0) is 23.8. The molecule has 0 bridgehead atoms. The fourth-order valence-electron chi connectivity index (χ4n) is 3.50. The quantitative estimate of drug-likeness (QED) is 0.261. The summed E-state index contributed by atoms with van der Waals surface area (Å²) in [6.07, 6.45) is 8.39. The van der Waals surface area contributed by atoms with Crippen molar-refractivity contribution < 1.29 is 14.7 Å². The topological polar surface area (TPSA) is 104 Å². The van der Waals surface area contributed by atoms with E-state index in [1.807, 2.05) is 6.07 Å². The van der Waals surface area contributed by atoms with Gasteiger partial charge in [-0.15, -0.1) is 0 Å². The van der Waals surface area contributed by atoms with E-state index in [2.05, 4.69) is 17.2 Å². The molecule has 0 unspecified atom stereocenters. The number of nitrogens with one attached hydrogen (secondary N) is 1. The molecule has 1 saturated heterocycles. The Morgan fingerprint density at radius 2 is 2.03 bits per heavy atom. The van der Waals surface area contributed by atoms with Crippen LogP contribution in [-0.2, 0) is 9.59 Å². The maximum Gasteiger partial charge on any atom is 0.303 e. The molecule has 3 heterocycles. The minimum atomic E-state index is -0.821. The lowest BCUT2D eigenvalue weighted by molar-refractivity contribution is -0.137. The van der Waals surface area contributed by atoms with E-state index in [1.165, 1.54) is 21.1 Å². The summed E-state index contributed by atoms with van der Waals surface area (Å²) in [6.45, 7) is 3.24. The molecule has 176 valence electrons. The lowest BCUT2D eigenvalue weighted by atomic mass is 10.2. The number of thioether (sulfide) groups is 1. The van der Waals surface area contributed by atoms with Crippen molar-refractivity contribution in [3.8, 4) is 0 Å². The van der Waals surface area contributed by atoms with Crippen LogP contribution in [0.4, 0.5) is 5.82 Å². The van der Waals surface area contributed by atoms with Crippen molar-refractivity contribution in [1.82, 2.24) is 14.3 Å². The molecule has 33 heavy (non-hydrogen) atoms. The minimum Gasteiger partial charge on any atom is -0.481 e. The molecule has 2 aromatic heterocycles. The number of rotatable bonds is 12. The number of hydrogen-bond acceptors (Lipinski definition) is 7. The molecule has 1 fully saturated rings. The average molecular weight is 489 g/mol. The number of aliphatic carboxylic acids is 1. The van der Waals surface area contributed by atoms with E-state index in [0.29, 0.717) is 58.6 Å². The number of carbonyl (C=O) groups is 2. The van der Waals surface area contributed by atoms with Gasteiger partial charge in [0.1, 0.15) is 15.8 Å². The van der Waals surface area contributed by atoms with Crippen LogP contribution in [0.25, 0.3) is 11.7 Å². The van der Waals surface area contributed by atoms with Gasteiger partial charge in [-0.2, -0.15) is 0 Å². The predicted molar refractivity (Wildman–Crippen MR) is 135 cm³/mol. The Kier molecular flexibility index (Phi) is 9.02. The normalized spacial score (nSPS) is 15.1. The first-order valence-corrected chi connectivity index (χ1v) is 12.4. The van der Waals surface area contributed by atoms with Crippen molar-refractivity contribution in [1.29, 1.82) is 0 Å². The van der Waals surface area contributed by atoms with Crippen LogP contribution < -0.4 is 10.9 Å². The van der Waals surface area contributed by atoms with E-state index in [4.69, 9.17) is 17.3 Å². The van der Waals surface area contributed by atoms with Crippen LogP contribution in [0.2, 0.25) is 0 Å². The van der Waals surface area contributed by atoms with E-state index in [0.717, 1.165) is 19.3 Å².